The number of nitrogens with zero attached hydrogens (tertiary/aromatic N) is 5. The van der Waals surface area contributed by atoms with E-state index in [2.05, 4.69) is 27.3 Å². The van der Waals surface area contributed by atoms with Crippen LogP contribution in [0.15, 0.2) is 60.9 Å². The van der Waals surface area contributed by atoms with E-state index in [9.17, 15) is 13.5 Å². The first-order chi connectivity index (χ1) is 18.2. The van der Waals surface area contributed by atoms with Gasteiger partial charge in [-0.05, 0) is 66.9 Å². The number of nitrogens with one attached hydrogen (secondary N) is 1. The topological polar surface area (TPSA) is 113 Å². The Balaban J connectivity index is 1.38. The van der Waals surface area contributed by atoms with Gasteiger partial charge in [-0.3, -0.25) is 4.31 Å². The number of aliphatic hydroxyl groups excluding tert-OH is 1. The summed E-state index contributed by atoms with van der Waals surface area (Å²) in [5.41, 5.74) is 4.07. The molecule has 1 fully saturated rings. The highest BCUT2D eigenvalue weighted by atomic mass is 32.2. The van der Waals surface area contributed by atoms with E-state index >= 15 is 0 Å². The molecule has 200 valence electrons. The van der Waals surface area contributed by atoms with Gasteiger partial charge >= 0.3 is 0 Å². The number of sulfonamides is 1. The number of benzene rings is 2. The van der Waals surface area contributed by atoms with Crippen molar-refractivity contribution < 1.29 is 18.3 Å². The van der Waals surface area contributed by atoms with E-state index < -0.39 is 10.0 Å². The molecule has 0 amide bonds. The Kier molecular flexibility index (Phi) is 7.13. The molecule has 0 saturated carbocycles. The molecule has 5 rings (SSSR count). The van der Waals surface area contributed by atoms with Crippen molar-refractivity contribution in [1.29, 1.82) is 0 Å². The molecular weight excluding hydrogens is 504 g/mol. The van der Waals surface area contributed by atoms with Crippen molar-refractivity contribution in [3.8, 4) is 5.75 Å². The SMILES string of the molecule is COc1ccc(N(C)S(C)(=O)=O)c(Cn2ccc3cnc(Nc4ccc(N5CCC(O)CC5)cc4)nc32)c1. The largest absolute Gasteiger partial charge is 0.497 e. The van der Waals surface area contributed by atoms with Gasteiger partial charge in [0.15, 0.2) is 0 Å². The highest BCUT2D eigenvalue weighted by molar-refractivity contribution is 7.92. The van der Waals surface area contributed by atoms with Gasteiger partial charge in [-0.15, -0.1) is 0 Å². The average Bonchev–Trinajstić information content (AvgIpc) is 3.30. The van der Waals surface area contributed by atoms with Gasteiger partial charge in [0.25, 0.3) is 0 Å². The van der Waals surface area contributed by atoms with Gasteiger partial charge in [0.05, 0.1) is 31.7 Å². The van der Waals surface area contributed by atoms with Crippen LogP contribution < -0.4 is 19.3 Å². The minimum Gasteiger partial charge on any atom is -0.497 e. The number of fused-ring (bicyclic) bond motifs is 1. The molecule has 38 heavy (non-hydrogen) atoms. The lowest BCUT2D eigenvalue weighted by Crippen LogP contribution is -2.35. The molecule has 0 bridgehead atoms. The second-order valence-electron chi connectivity index (χ2n) is 9.53. The quantitative estimate of drug-likeness (QED) is 0.351. The third-order valence-electron chi connectivity index (χ3n) is 6.92. The smallest absolute Gasteiger partial charge is 0.232 e. The third-order valence-corrected chi connectivity index (χ3v) is 8.11. The van der Waals surface area contributed by atoms with Gasteiger partial charge in [0.2, 0.25) is 16.0 Å². The fourth-order valence-electron chi connectivity index (χ4n) is 4.65. The van der Waals surface area contributed by atoms with Gasteiger partial charge in [-0.2, -0.15) is 4.98 Å². The molecule has 2 aromatic heterocycles. The van der Waals surface area contributed by atoms with Crippen molar-refractivity contribution in [2.24, 2.45) is 0 Å². The van der Waals surface area contributed by atoms with Crippen LogP contribution >= 0.6 is 0 Å². The fraction of sp³-hybridized carbons (Fsp3) is 0.333. The van der Waals surface area contributed by atoms with Gasteiger partial charge in [0, 0.05) is 49.3 Å². The molecule has 0 radical (unpaired) electrons. The summed E-state index contributed by atoms with van der Waals surface area (Å²) >= 11 is 0. The first-order valence-corrected chi connectivity index (χ1v) is 14.3. The highest BCUT2D eigenvalue weighted by Gasteiger charge is 2.19. The van der Waals surface area contributed by atoms with E-state index in [0.29, 0.717) is 23.9 Å². The molecule has 0 atom stereocenters. The van der Waals surface area contributed by atoms with Crippen molar-refractivity contribution in [3.05, 3.63) is 66.5 Å². The number of anilines is 4. The van der Waals surface area contributed by atoms with Crippen molar-refractivity contribution in [2.45, 2.75) is 25.5 Å². The molecule has 1 aliphatic heterocycles. The summed E-state index contributed by atoms with van der Waals surface area (Å²) in [6.07, 6.45) is 6.24. The predicted molar refractivity (Wildman–Crippen MR) is 150 cm³/mol. The summed E-state index contributed by atoms with van der Waals surface area (Å²) in [6, 6.07) is 15.4. The summed E-state index contributed by atoms with van der Waals surface area (Å²) in [4.78, 5) is 11.5. The summed E-state index contributed by atoms with van der Waals surface area (Å²) in [5, 5.41) is 13.9. The standard InChI is InChI=1S/C27H32N6O4S/c1-31(38(3,35)36)25-9-8-24(37-2)16-20(25)18-33-13-10-19-17-28-27(30-26(19)33)29-21-4-6-22(7-5-21)32-14-11-23(34)12-15-32/h4-10,13,16-17,23,34H,11-12,14-15,18H2,1-3H3,(H,28,29,30). The number of aliphatic hydroxyl groups is 1. The number of ether oxygens (including phenoxy) is 1. The number of methoxy groups -OCH3 is 1. The maximum absolute atomic E-state index is 12.2. The molecule has 0 aliphatic carbocycles. The summed E-state index contributed by atoms with van der Waals surface area (Å²) in [6.45, 7) is 2.09. The number of rotatable bonds is 8. The first kappa shape index (κ1) is 25.8. The number of hydrogen-bond acceptors (Lipinski definition) is 8. The van der Waals surface area contributed by atoms with Crippen LogP contribution in [0.2, 0.25) is 0 Å². The maximum atomic E-state index is 12.2. The molecule has 0 spiro atoms. The van der Waals surface area contributed by atoms with Crippen LogP contribution in [0.4, 0.5) is 23.0 Å². The average molecular weight is 537 g/mol. The Hall–Kier alpha value is -3.83. The molecular formula is C27H32N6O4S. The highest BCUT2D eigenvalue weighted by Crippen LogP contribution is 2.29. The zero-order valence-electron chi connectivity index (χ0n) is 21.7. The minimum atomic E-state index is -3.44. The van der Waals surface area contributed by atoms with Crippen LogP contribution in [0.25, 0.3) is 11.0 Å². The van der Waals surface area contributed by atoms with Crippen LogP contribution in [-0.4, -0.2) is 67.7 Å². The summed E-state index contributed by atoms with van der Waals surface area (Å²) in [5.74, 6) is 1.11. The van der Waals surface area contributed by atoms with Gasteiger partial charge in [-0.25, -0.2) is 13.4 Å². The van der Waals surface area contributed by atoms with Crippen LogP contribution in [0.3, 0.4) is 0 Å². The zero-order valence-corrected chi connectivity index (χ0v) is 22.5. The Morgan fingerprint density at radius 2 is 1.87 bits per heavy atom. The fourth-order valence-corrected chi connectivity index (χ4v) is 5.19. The summed E-state index contributed by atoms with van der Waals surface area (Å²) in [7, 11) is -0.318. The molecule has 2 N–H and O–H groups in total. The van der Waals surface area contributed by atoms with Crippen molar-refractivity contribution in [3.63, 3.8) is 0 Å². The van der Waals surface area contributed by atoms with Crippen LogP contribution in [0.5, 0.6) is 5.75 Å². The van der Waals surface area contributed by atoms with E-state index in [4.69, 9.17) is 9.72 Å². The molecule has 2 aromatic carbocycles. The maximum Gasteiger partial charge on any atom is 0.232 e. The van der Waals surface area contributed by atoms with Gasteiger partial charge in [-0.1, -0.05) is 0 Å². The van der Waals surface area contributed by atoms with E-state index in [1.54, 1.807) is 32.5 Å². The predicted octanol–water partition coefficient (Wildman–Crippen LogP) is 3.59. The van der Waals surface area contributed by atoms with Crippen LogP contribution in [0.1, 0.15) is 18.4 Å². The number of piperidine rings is 1. The van der Waals surface area contributed by atoms with Gasteiger partial charge in [0.1, 0.15) is 11.4 Å². The molecule has 4 aromatic rings. The van der Waals surface area contributed by atoms with E-state index in [0.717, 1.165) is 53.9 Å². The van der Waals surface area contributed by atoms with Crippen LogP contribution in [0, 0.1) is 0 Å². The molecule has 3 heterocycles. The van der Waals surface area contributed by atoms with Gasteiger partial charge < -0.3 is 24.6 Å². The molecule has 10 nitrogen and oxygen atoms in total. The summed E-state index contributed by atoms with van der Waals surface area (Å²) < 4.78 is 33.1. The number of hydrogen-bond donors (Lipinski definition) is 2. The molecule has 1 aliphatic rings. The van der Waals surface area contributed by atoms with E-state index in [1.165, 1.54) is 10.6 Å². The second kappa shape index (κ2) is 10.5. The Labute approximate surface area is 222 Å². The Bertz CT molecular complexity index is 1530. The number of aromatic nitrogens is 3. The van der Waals surface area contributed by atoms with Crippen molar-refractivity contribution in [1.82, 2.24) is 14.5 Å². The van der Waals surface area contributed by atoms with Crippen molar-refractivity contribution in [2.75, 3.05) is 48.0 Å². The third kappa shape index (κ3) is 5.53. The van der Waals surface area contributed by atoms with E-state index in [1.807, 2.05) is 35.0 Å². The zero-order chi connectivity index (χ0) is 26.9. The van der Waals surface area contributed by atoms with Crippen LogP contribution in [-0.2, 0) is 16.6 Å². The molecule has 0 unspecified atom stereocenters. The Morgan fingerprint density at radius 1 is 1.13 bits per heavy atom. The molecule has 1 saturated heterocycles. The first-order valence-electron chi connectivity index (χ1n) is 12.4. The minimum absolute atomic E-state index is 0.200. The lowest BCUT2D eigenvalue weighted by molar-refractivity contribution is 0.145. The lowest BCUT2D eigenvalue weighted by atomic mass is 10.1. The van der Waals surface area contributed by atoms with Crippen molar-refractivity contribution >= 4 is 44.1 Å². The second-order valence-corrected chi connectivity index (χ2v) is 11.5. The molecule has 11 heteroatoms. The van der Waals surface area contributed by atoms with E-state index in [-0.39, 0.29) is 6.10 Å². The monoisotopic (exact) mass is 536 g/mol. The Morgan fingerprint density at radius 3 is 2.55 bits per heavy atom. The normalized spacial score (nSPS) is 14.6. The lowest BCUT2D eigenvalue weighted by Gasteiger charge is -2.31.